The number of hydrogen-bond donors (Lipinski definition) is 1. The molecular weight excluding hydrogens is 359 g/mol. The molecule has 0 saturated heterocycles. The van der Waals surface area contributed by atoms with E-state index in [-0.39, 0.29) is 18.1 Å². The maximum atomic E-state index is 12.7. The molecule has 0 aliphatic heterocycles. The van der Waals surface area contributed by atoms with E-state index in [1.54, 1.807) is 6.07 Å². The lowest BCUT2D eigenvalue weighted by molar-refractivity contribution is -0.137. The van der Waals surface area contributed by atoms with Crippen molar-refractivity contribution in [1.29, 1.82) is 0 Å². The van der Waals surface area contributed by atoms with Crippen LogP contribution in [0.2, 0.25) is 0 Å². The van der Waals surface area contributed by atoms with E-state index >= 15 is 0 Å². The van der Waals surface area contributed by atoms with Crippen LogP contribution in [-0.4, -0.2) is 5.91 Å². The number of nitrogens with one attached hydrogen (secondary N) is 1. The quantitative estimate of drug-likeness (QED) is 0.646. The zero-order valence-corrected chi connectivity index (χ0v) is 14.3. The number of rotatable bonds is 5. The van der Waals surface area contributed by atoms with Gasteiger partial charge in [-0.3, -0.25) is 4.79 Å². The summed E-state index contributed by atoms with van der Waals surface area (Å²) in [6.07, 6.45) is -4.48. The summed E-state index contributed by atoms with van der Waals surface area (Å²) in [4.78, 5) is 12.2. The molecule has 1 amide bonds. The van der Waals surface area contributed by atoms with E-state index in [1.165, 1.54) is 18.2 Å². The van der Waals surface area contributed by atoms with E-state index in [0.29, 0.717) is 11.5 Å². The molecule has 2 aromatic carbocycles. The molecule has 0 bridgehead atoms. The molecule has 0 aliphatic rings. The van der Waals surface area contributed by atoms with E-state index in [9.17, 15) is 18.0 Å². The van der Waals surface area contributed by atoms with Gasteiger partial charge in [-0.25, -0.2) is 0 Å². The topological polar surface area (TPSA) is 51.5 Å². The van der Waals surface area contributed by atoms with Gasteiger partial charge in [-0.15, -0.1) is 0 Å². The van der Waals surface area contributed by atoms with Crippen molar-refractivity contribution in [1.82, 2.24) is 0 Å². The van der Waals surface area contributed by atoms with Crippen molar-refractivity contribution in [2.45, 2.75) is 19.7 Å². The number of halogens is 3. The van der Waals surface area contributed by atoms with E-state index in [4.69, 9.17) is 9.15 Å². The molecule has 3 rings (SSSR count). The van der Waals surface area contributed by atoms with Gasteiger partial charge in [0.25, 0.3) is 5.91 Å². The fourth-order valence-corrected chi connectivity index (χ4v) is 2.33. The Kier molecular flexibility index (Phi) is 5.21. The number of ether oxygens (including phenoxy) is 1. The third-order valence-electron chi connectivity index (χ3n) is 3.74. The smallest absolute Gasteiger partial charge is 0.416 e. The molecule has 0 fully saturated rings. The van der Waals surface area contributed by atoms with Gasteiger partial charge in [0.15, 0.2) is 5.76 Å². The number of anilines is 1. The third kappa shape index (κ3) is 4.91. The van der Waals surface area contributed by atoms with Crippen LogP contribution in [0.25, 0.3) is 0 Å². The van der Waals surface area contributed by atoms with Crippen LogP contribution in [0.4, 0.5) is 18.9 Å². The number of carbonyl (C=O) groups excluding carboxylic acids is 1. The lowest BCUT2D eigenvalue weighted by Crippen LogP contribution is -2.12. The number of aryl methyl sites for hydroxylation is 1. The Bertz CT molecular complexity index is 930. The molecule has 1 aromatic heterocycles. The summed E-state index contributed by atoms with van der Waals surface area (Å²) in [5, 5.41) is 2.39. The first-order chi connectivity index (χ1) is 12.8. The minimum atomic E-state index is -4.48. The van der Waals surface area contributed by atoms with E-state index in [0.717, 1.165) is 17.7 Å². The second kappa shape index (κ2) is 7.57. The minimum Gasteiger partial charge on any atom is -0.486 e. The standard InChI is InChI=1S/C20H16F3NO3/c1-13-5-7-16(8-6-13)26-12-17-9-10-18(27-17)19(25)24-15-4-2-3-14(11-15)20(21,22)23/h2-11H,12H2,1H3,(H,24,25). The van der Waals surface area contributed by atoms with Crippen LogP contribution < -0.4 is 10.1 Å². The highest BCUT2D eigenvalue weighted by atomic mass is 19.4. The summed E-state index contributed by atoms with van der Waals surface area (Å²) >= 11 is 0. The van der Waals surface area contributed by atoms with Gasteiger partial charge < -0.3 is 14.5 Å². The Hall–Kier alpha value is -3.22. The van der Waals surface area contributed by atoms with Gasteiger partial charge in [0, 0.05) is 5.69 Å². The summed E-state index contributed by atoms with van der Waals surface area (Å²) in [6.45, 7) is 2.09. The van der Waals surface area contributed by atoms with Gasteiger partial charge >= 0.3 is 6.18 Å². The molecule has 0 unspecified atom stereocenters. The zero-order chi connectivity index (χ0) is 19.4. The van der Waals surface area contributed by atoms with E-state index in [2.05, 4.69) is 5.32 Å². The first-order valence-electron chi connectivity index (χ1n) is 8.08. The Balaban J connectivity index is 1.62. The van der Waals surface area contributed by atoms with Crippen LogP contribution in [-0.2, 0) is 12.8 Å². The highest BCUT2D eigenvalue weighted by Crippen LogP contribution is 2.30. The highest BCUT2D eigenvalue weighted by Gasteiger charge is 2.30. The third-order valence-corrected chi connectivity index (χ3v) is 3.74. The molecule has 0 saturated carbocycles. The van der Waals surface area contributed by atoms with Gasteiger partial charge in [0.2, 0.25) is 0 Å². The Labute approximate surface area is 153 Å². The molecule has 1 heterocycles. The second-order valence-corrected chi connectivity index (χ2v) is 5.90. The lowest BCUT2D eigenvalue weighted by Gasteiger charge is -2.09. The first kappa shape index (κ1) is 18.6. The summed E-state index contributed by atoms with van der Waals surface area (Å²) in [6, 6.07) is 14.9. The van der Waals surface area contributed by atoms with Crippen molar-refractivity contribution in [2.75, 3.05) is 5.32 Å². The van der Waals surface area contributed by atoms with Crippen molar-refractivity contribution in [3.63, 3.8) is 0 Å². The van der Waals surface area contributed by atoms with E-state index < -0.39 is 17.6 Å². The predicted molar refractivity (Wildman–Crippen MR) is 93.6 cm³/mol. The molecule has 1 N–H and O–H groups in total. The summed E-state index contributed by atoms with van der Waals surface area (Å²) in [7, 11) is 0. The average Bonchev–Trinajstić information content (AvgIpc) is 3.10. The lowest BCUT2D eigenvalue weighted by atomic mass is 10.2. The van der Waals surface area contributed by atoms with Crippen LogP contribution in [0.5, 0.6) is 5.75 Å². The molecule has 27 heavy (non-hydrogen) atoms. The molecule has 3 aromatic rings. The summed E-state index contributed by atoms with van der Waals surface area (Å²) < 4.78 is 49.2. The van der Waals surface area contributed by atoms with Crippen LogP contribution in [0.15, 0.2) is 65.1 Å². The Morgan fingerprint density at radius 3 is 2.52 bits per heavy atom. The maximum absolute atomic E-state index is 12.7. The first-order valence-corrected chi connectivity index (χ1v) is 8.08. The molecule has 0 aliphatic carbocycles. The predicted octanol–water partition coefficient (Wildman–Crippen LogP) is 5.44. The highest BCUT2D eigenvalue weighted by molar-refractivity contribution is 6.02. The van der Waals surface area contributed by atoms with Gasteiger partial charge in [-0.2, -0.15) is 13.2 Å². The van der Waals surface area contributed by atoms with Crippen LogP contribution in [0.3, 0.4) is 0 Å². The molecule has 0 radical (unpaired) electrons. The SMILES string of the molecule is Cc1ccc(OCc2ccc(C(=O)Nc3cccc(C(F)(F)F)c3)o2)cc1. The fraction of sp³-hybridized carbons (Fsp3) is 0.150. The number of carbonyl (C=O) groups is 1. The van der Waals surface area contributed by atoms with Gasteiger partial charge in [0.1, 0.15) is 18.1 Å². The van der Waals surface area contributed by atoms with Crippen molar-refractivity contribution >= 4 is 11.6 Å². The fourth-order valence-electron chi connectivity index (χ4n) is 2.33. The Morgan fingerprint density at radius 1 is 1.07 bits per heavy atom. The molecule has 0 spiro atoms. The van der Waals surface area contributed by atoms with E-state index in [1.807, 2.05) is 31.2 Å². The number of amides is 1. The monoisotopic (exact) mass is 375 g/mol. The second-order valence-electron chi connectivity index (χ2n) is 5.90. The average molecular weight is 375 g/mol. The van der Waals surface area contributed by atoms with Gasteiger partial charge in [-0.05, 0) is 49.4 Å². The number of alkyl halides is 3. The number of benzene rings is 2. The number of furan rings is 1. The molecular formula is C20H16F3NO3. The van der Waals surface area contributed by atoms with Gasteiger partial charge in [-0.1, -0.05) is 23.8 Å². The molecule has 7 heteroatoms. The van der Waals surface area contributed by atoms with Crippen molar-refractivity contribution in [3.8, 4) is 5.75 Å². The summed E-state index contributed by atoms with van der Waals surface area (Å²) in [5.74, 6) is 0.419. The largest absolute Gasteiger partial charge is 0.486 e. The maximum Gasteiger partial charge on any atom is 0.416 e. The molecule has 140 valence electrons. The van der Waals surface area contributed by atoms with Crippen molar-refractivity contribution in [2.24, 2.45) is 0 Å². The zero-order valence-electron chi connectivity index (χ0n) is 14.3. The van der Waals surface area contributed by atoms with Crippen molar-refractivity contribution in [3.05, 3.63) is 83.3 Å². The number of hydrogen-bond acceptors (Lipinski definition) is 3. The van der Waals surface area contributed by atoms with Gasteiger partial charge in [0.05, 0.1) is 5.56 Å². The normalized spacial score (nSPS) is 11.3. The molecule has 4 nitrogen and oxygen atoms in total. The minimum absolute atomic E-state index is 0.0186. The van der Waals surface area contributed by atoms with Crippen LogP contribution in [0.1, 0.15) is 27.4 Å². The van der Waals surface area contributed by atoms with Crippen molar-refractivity contribution < 1.29 is 27.1 Å². The van der Waals surface area contributed by atoms with Crippen LogP contribution in [0, 0.1) is 6.92 Å². The molecule has 0 atom stereocenters. The van der Waals surface area contributed by atoms with Crippen LogP contribution >= 0.6 is 0 Å². The summed E-state index contributed by atoms with van der Waals surface area (Å²) in [5.41, 5.74) is 0.296. The Morgan fingerprint density at radius 2 is 1.81 bits per heavy atom.